The van der Waals surface area contributed by atoms with Gasteiger partial charge in [0.15, 0.2) is 18.2 Å². The Morgan fingerprint density at radius 1 is 0.831 bits per heavy atom. The van der Waals surface area contributed by atoms with Gasteiger partial charge in [-0.05, 0) is 92.6 Å². The Balaban J connectivity index is 1.63. The van der Waals surface area contributed by atoms with Crippen molar-refractivity contribution in [2.24, 2.45) is 29.6 Å². The van der Waals surface area contributed by atoms with E-state index in [1.54, 1.807) is 49.0 Å². The van der Waals surface area contributed by atoms with Crippen LogP contribution >= 0.6 is 11.8 Å². The fourth-order valence-corrected chi connectivity index (χ4v) is 12.5. The molecule has 4 fully saturated rings. The summed E-state index contributed by atoms with van der Waals surface area (Å²) in [6.45, 7) is 18.6. The van der Waals surface area contributed by atoms with E-state index in [0.717, 1.165) is 11.3 Å². The number of thioether (sulfide) groups is 1. The quantitative estimate of drug-likeness (QED) is 0.221. The first-order valence-corrected chi connectivity index (χ1v) is 24.4. The predicted octanol–water partition coefficient (Wildman–Crippen LogP) is 6.22. The van der Waals surface area contributed by atoms with Gasteiger partial charge in [0.1, 0.15) is 35.1 Å². The average Bonchev–Trinajstić information content (AvgIpc) is 3.54. The van der Waals surface area contributed by atoms with Gasteiger partial charge in [-0.25, -0.2) is 0 Å². The van der Waals surface area contributed by atoms with Crippen LogP contribution in [0.15, 0.2) is 24.3 Å². The van der Waals surface area contributed by atoms with Gasteiger partial charge in [0.05, 0.1) is 48.6 Å². The summed E-state index contributed by atoms with van der Waals surface area (Å²) in [5.74, 6) is -3.54. The monoisotopic (exact) mass is 938 g/mol. The van der Waals surface area contributed by atoms with Gasteiger partial charge in [0.25, 0.3) is 0 Å². The highest BCUT2D eigenvalue weighted by Crippen LogP contribution is 2.50. The molecule has 370 valence electrons. The number of ketones is 1. The second-order valence-corrected chi connectivity index (χ2v) is 21.0. The van der Waals surface area contributed by atoms with Crippen molar-refractivity contribution in [2.45, 2.75) is 184 Å². The molecule has 0 spiro atoms. The number of aliphatic hydroxyl groups is 1. The summed E-state index contributed by atoms with van der Waals surface area (Å²) in [5.41, 5.74) is -2.61. The second-order valence-electron chi connectivity index (χ2n) is 19.9. The Kier molecular flexibility index (Phi) is 18.1. The molecule has 4 saturated heterocycles. The molecule has 5 rings (SSSR count). The van der Waals surface area contributed by atoms with Gasteiger partial charge in [0, 0.05) is 63.2 Å². The number of nitrogens with zero attached hydrogens (tertiary/aromatic N) is 1. The van der Waals surface area contributed by atoms with E-state index in [0.29, 0.717) is 18.6 Å². The topological polar surface area (TPSA) is 167 Å². The van der Waals surface area contributed by atoms with E-state index in [4.69, 9.17) is 47.4 Å². The number of rotatable bonds is 13. The Labute approximate surface area is 391 Å². The Bertz CT molecular complexity index is 1750. The molecule has 4 heterocycles. The molecule has 0 bridgehead atoms. The zero-order chi connectivity index (χ0) is 48.3. The smallest absolute Gasteiger partial charge is 0.320 e. The molecule has 65 heavy (non-hydrogen) atoms. The van der Waals surface area contributed by atoms with Gasteiger partial charge in [-0.2, -0.15) is 0 Å². The van der Waals surface area contributed by atoms with Gasteiger partial charge in [-0.3, -0.25) is 14.4 Å². The van der Waals surface area contributed by atoms with Crippen LogP contribution in [0.4, 0.5) is 0 Å². The molecule has 4 aliphatic heterocycles. The molecule has 16 heteroatoms. The number of fused-ring (bicyclic) bond motifs is 1. The number of benzene rings is 1. The average molecular weight is 938 g/mol. The van der Waals surface area contributed by atoms with Crippen LogP contribution in [0.3, 0.4) is 0 Å². The molecule has 1 N–H and O–H groups in total. The summed E-state index contributed by atoms with van der Waals surface area (Å²) in [4.78, 5) is 46.3. The highest BCUT2D eigenvalue weighted by atomic mass is 32.2. The zero-order valence-electron chi connectivity index (χ0n) is 41.7. The van der Waals surface area contributed by atoms with Crippen molar-refractivity contribution in [1.29, 1.82) is 0 Å². The molecule has 0 radical (unpaired) electrons. The van der Waals surface area contributed by atoms with Gasteiger partial charge >= 0.3 is 11.9 Å². The SMILES string of the molecule is CC[C@H]1OC(=O)[C@H](C)[C@@H](O[C@H]2C[C@@](C)(OC)[C@@H](O)[C@H](C)O2)[C@H](C)[C@@H](O[C@@H]2O[C@H](C)C[C@H](N(C)C)[C@H]2OC)[C@](C)(OC)C[C@@H](C)C(=O)[C@H](C)[C@H]2C(SCc3ccc(OC)cc3)C(=O)O[C@@]21C. The van der Waals surface area contributed by atoms with Crippen molar-refractivity contribution in [3.8, 4) is 5.75 Å². The van der Waals surface area contributed by atoms with Crippen LogP contribution < -0.4 is 4.74 Å². The van der Waals surface area contributed by atoms with Crippen molar-refractivity contribution in [3.05, 3.63) is 29.8 Å². The minimum atomic E-state index is -1.36. The van der Waals surface area contributed by atoms with Crippen molar-refractivity contribution in [3.63, 3.8) is 0 Å². The minimum absolute atomic E-state index is 0.0545. The summed E-state index contributed by atoms with van der Waals surface area (Å²) >= 11 is 1.42. The minimum Gasteiger partial charge on any atom is -0.497 e. The van der Waals surface area contributed by atoms with Gasteiger partial charge < -0.3 is 57.4 Å². The summed E-state index contributed by atoms with van der Waals surface area (Å²) in [6, 6.07) is 7.58. The number of esters is 2. The highest BCUT2D eigenvalue weighted by Gasteiger charge is 2.62. The predicted molar refractivity (Wildman–Crippen MR) is 245 cm³/mol. The van der Waals surface area contributed by atoms with Crippen LogP contribution in [0.1, 0.15) is 100 Å². The number of methoxy groups -OCH3 is 4. The largest absolute Gasteiger partial charge is 0.497 e. The molecular formula is C49H79NO14S. The number of likely N-dealkylation sites (N-methyl/N-ethyl adjacent to an activating group) is 1. The molecule has 19 atom stereocenters. The maximum Gasteiger partial charge on any atom is 0.320 e. The lowest BCUT2D eigenvalue weighted by molar-refractivity contribution is -0.321. The lowest BCUT2D eigenvalue weighted by atomic mass is 9.70. The standard InChI is InChI=1S/C49H79NO14S/c1-17-35-49(10)37(41(45(54)64-49)65-25-32-18-20-33(55-13)21-19-32)28(4)38(51)26(2)23-48(9,58-16)43(63-46-40(56-14)34(50(11)12)22-27(3)59-46)29(5)39(30(6)44(53)61-35)62-36-24-47(8,57-15)42(52)31(7)60-36/h18-21,26-31,34-37,39-43,46,52H,17,22-25H2,1-16H3/t26-,27-,28-,29+,30-,31+,34+,35-,36+,37+,39+,40-,41?,42+,43-,46+,47-,48-,49-/m1/s1. The Morgan fingerprint density at radius 3 is 2.05 bits per heavy atom. The first-order valence-electron chi connectivity index (χ1n) is 23.3. The van der Waals surface area contributed by atoms with E-state index in [2.05, 4.69) is 4.90 Å². The molecule has 4 aliphatic rings. The fourth-order valence-electron chi connectivity index (χ4n) is 11.1. The molecule has 1 aromatic carbocycles. The third-order valence-corrected chi connectivity index (χ3v) is 16.4. The first kappa shape index (κ1) is 53.6. The van der Waals surface area contributed by atoms with Crippen LogP contribution in [0, 0.1) is 29.6 Å². The van der Waals surface area contributed by atoms with Gasteiger partial charge in [0.2, 0.25) is 0 Å². The molecule has 0 aliphatic carbocycles. The number of carbonyl (C=O) groups is 3. The van der Waals surface area contributed by atoms with E-state index in [-0.39, 0.29) is 30.8 Å². The van der Waals surface area contributed by atoms with Gasteiger partial charge in [-0.1, -0.05) is 39.8 Å². The highest BCUT2D eigenvalue weighted by molar-refractivity contribution is 7.99. The van der Waals surface area contributed by atoms with E-state index in [9.17, 15) is 14.7 Å². The summed E-state index contributed by atoms with van der Waals surface area (Å²) in [6.07, 6.45) is -5.51. The number of aliphatic hydroxyl groups excluding tert-OH is 1. The van der Waals surface area contributed by atoms with Crippen molar-refractivity contribution >= 4 is 29.5 Å². The normalized spacial score (nSPS) is 43.4. The maximum atomic E-state index is 15.1. The lowest BCUT2D eigenvalue weighted by Crippen LogP contribution is -2.61. The van der Waals surface area contributed by atoms with Crippen molar-refractivity contribution < 1.29 is 66.9 Å². The van der Waals surface area contributed by atoms with Gasteiger partial charge in [-0.15, -0.1) is 11.8 Å². The molecule has 0 amide bonds. The van der Waals surface area contributed by atoms with Crippen LogP contribution in [-0.4, -0.2) is 154 Å². The van der Waals surface area contributed by atoms with Crippen LogP contribution in [0.25, 0.3) is 0 Å². The molecule has 15 nitrogen and oxygen atoms in total. The summed E-state index contributed by atoms with van der Waals surface area (Å²) in [5, 5.41) is 10.4. The van der Waals surface area contributed by atoms with E-state index >= 15 is 4.79 Å². The van der Waals surface area contributed by atoms with E-state index < -0.39 is 113 Å². The van der Waals surface area contributed by atoms with Crippen molar-refractivity contribution in [1.82, 2.24) is 4.90 Å². The zero-order valence-corrected chi connectivity index (χ0v) is 42.5. The Morgan fingerprint density at radius 2 is 1.48 bits per heavy atom. The number of carbonyl (C=O) groups excluding carboxylic acids is 3. The number of cyclic esters (lactones) is 1. The number of hydrogen-bond acceptors (Lipinski definition) is 16. The van der Waals surface area contributed by atoms with Crippen molar-refractivity contribution in [2.75, 3.05) is 42.5 Å². The third kappa shape index (κ3) is 11.2. The number of hydrogen-bond donors (Lipinski definition) is 1. The van der Waals surface area contributed by atoms with Crippen LogP contribution in [-0.2, 0) is 62.8 Å². The maximum absolute atomic E-state index is 15.1. The lowest BCUT2D eigenvalue weighted by Gasteiger charge is -2.50. The van der Waals surface area contributed by atoms with E-state index in [1.807, 2.05) is 79.9 Å². The molecule has 1 aromatic rings. The Hall–Kier alpha value is -2.38. The third-order valence-electron chi connectivity index (χ3n) is 15.1. The van der Waals surface area contributed by atoms with Crippen LogP contribution in [0.2, 0.25) is 0 Å². The summed E-state index contributed by atoms with van der Waals surface area (Å²) in [7, 11) is 10.4. The molecule has 0 saturated carbocycles. The molecular weight excluding hydrogens is 859 g/mol. The second kappa shape index (κ2) is 21.9. The van der Waals surface area contributed by atoms with E-state index in [1.165, 1.54) is 18.9 Å². The van der Waals surface area contributed by atoms with Crippen LogP contribution in [0.5, 0.6) is 5.75 Å². The molecule has 0 aromatic heterocycles. The fraction of sp³-hybridized carbons (Fsp3) is 0.816. The molecule has 1 unspecified atom stereocenters. The number of Topliss-reactive ketones (excluding diaryl/α,β-unsaturated/α-hetero) is 1. The summed E-state index contributed by atoms with van der Waals surface area (Å²) < 4.78 is 63.8. The first-order chi connectivity index (χ1) is 30.5. The number of ether oxygens (including phenoxy) is 10.